The monoisotopic (exact) mass is 337 g/mol. The third kappa shape index (κ3) is 3.20. The maximum atomic E-state index is 5.74. The Balaban J connectivity index is 1.68. The Morgan fingerprint density at radius 1 is 1.24 bits per heavy atom. The Hall–Kier alpha value is -2.89. The van der Waals surface area contributed by atoms with Crippen LogP contribution >= 0.6 is 0 Å². The number of fused-ring (bicyclic) bond motifs is 2. The Morgan fingerprint density at radius 3 is 3.00 bits per heavy atom. The van der Waals surface area contributed by atoms with E-state index in [-0.39, 0.29) is 0 Å². The lowest BCUT2D eigenvalue weighted by Gasteiger charge is -2.21. The predicted octanol–water partition coefficient (Wildman–Crippen LogP) is 3.95. The first-order valence-electron chi connectivity index (χ1n) is 8.50. The van der Waals surface area contributed by atoms with E-state index < -0.39 is 0 Å². The lowest BCUT2D eigenvalue weighted by atomic mass is 10.2. The molecule has 1 radical (unpaired) electrons. The highest BCUT2D eigenvalue weighted by Gasteiger charge is 2.17. The van der Waals surface area contributed by atoms with Gasteiger partial charge in [-0.3, -0.25) is 0 Å². The van der Waals surface area contributed by atoms with Gasteiger partial charge >= 0.3 is 0 Å². The second-order valence-corrected chi connectivity index (χ2v) is 6.44. The molecule has 1 aliphatic rings. The molecule has 0 atom stereocenters. The average Bonchev–Trinajstić information content (AvgIpc) is 3.08. The quantitative estimate of drug-likeness (QED) is 0.658. The highest BCUT2D eigenvalue weighted by molar-refractivity contribution is 5.92. The molecule has 6 heteroatoms. The van der Waals surface area contributed by atoms with Crippen LogP contribution in [-0.4, -0.2) is 29.7 Å². The summed E-state index contributed by atoms with van der Waals surface area (Å²) >= 11 is 0. The molecule has 2 aromatic heterocycles. The first-order chi connectivity index (χ1) is 12.2. The minimum Gasteiger partial charge on any atom is -0.485 e. The van der Waals surface area contributed by atoms with Gasteiger partial charge in [0, 0.05) is 35.9 Å². The van der Waals surface area contributed by atoms with Crippen LogP contribution in [0.25, 0.3) is 11.0 Å². The van der Waals surface area contributed by atoms with Crippen LogP contribution in [0.1, 0.15) is 13.8 Å². The number of anilines is 3. The topological polar surface area (TPSA) is 71.2 Å². The molecule has 25 heavy (non-hydrogen) atoms. The van der Waals surface area contributed by atoms with E-state index in [9.17, 15) is 0 Å². The van der Waals surface area contributed by atoms with Gasteiger partial charge in [0.15, 0.2) is 11.5 Å². The number of H-pyrrole nitrogens is 1. The highest BCUT2D eigenvalue weighted by atomic mass is 16.6. The molecule has 0 bridgehead atoms. The first-order valence-corrected chi connectivity index (χ1v) is 8.50. The normalized spacial score (nSPS) is 13.2. The smallest absolute Gasteiger partial charge is 0.185 e. The van der Waals surface area contributed by atoms with Gasteiger partial charge in [-0.1, -0.05) is 13.8 Å². The van der Waals surface area contributed by atoms with Crippen LogP contribution in [0.4, 0.5) is 17.2 Å². The summed E-state index contributed by atoms with van der Waals surface area (Å²) in [6, 6.07) is 10.8. The molecule has 0 spiro atoms. The fourth-order valence-corrected chi connectivity index (χ4v) is 2.80. The maximum Gasteiger partial charge on any atom is 0.185 e. The van der Waals surface area contributed by atoms with Crippen molar-refractivity contribution >= 4 is 28.2 Å². The van der Waals surface area contributed by atoms with Crippen LogP contribution in [0.3, 0.4) is 0 Å². The Kier molecular flexibility index (Phi) is 4.09. The van der Waals surface area contributed by atoms with E-state index in [2.05, 4.69) is 40.5 Å². The van der Waals surface area contributed by atoms with Crippen molar-refractivity contribution in [2.24, 2.45) is 5.92 Å². The van der Waals surface area contributed by atoms with Crippen LogP contribution in [0, 0.1) is 12.0 Å². The molecule has 129 valence electrons. The molecule has 3 heterocycles. The molecular formula is C19H21N4O2. The van der Waals surface area contributed by atoms with Crippen LogP contribution in [-0.2, 0) is 0 Å². The summed E-state index contributed by atoms with van der Waals surface area (Å²) in [5, 5.41) is 7.92. The molecule has 1 aromatic carbocycles. The fourth-order valence-electron chi connectivity index (χ4n) is 2.80. The van der Waals surface area contributed by atoms with E-state index in [1.807, 2.05) is 30.5 Å². The van der Waals surface area contributed by atoms with Gasteiger partial charge in [0.05, 0.1) is 5.69 Å². The Bertz CT molecular complexity index is 888. The predicted molar refractivity (Wildman–Crippen MR) is 99.0 cm³/mol. The molecule has 0 saturated carbocycles. The molecule has 1 aliphatic heterocycles. The van der Waals surface area contributed by atoms with E-state index in [4.69, 9.17) is 9.47 Å². The van der Waals surface area contributed by atoms with Crippen molar-refractivity contribution in [1.82, 2.24) is 9.97 Å². The van der Waals surface area contributed by atoms with Crippen molar-refractivity contribution in [1.29, 1.82) is 0 Å². The van der Waals surface area contributed by atoms with Crippen molar-refractivity contribution in [3.63, 3.8) is 0 Å². The highest BCUT2D eigenvalue weighted by Crippen LogP contribution is 2.38. The van der Waals surface area contributed by atoms with Gasteiger partial charge in [0.2, 0.25) is 0 Å². The summed E-state index contributed by atoms with van der Waals surface area (Å²) < 4.78 is 11.3. The molecule has 0 unspecified atom stereocenters. The molecule has 6 nitrogen and oxygen atoms in total. The van der Waals surface area contributed by atoms with E-state index in [1.54, 1.807) is 0 Å². The van der Waals surface area contributed by atoms with Crippen molar-refractivity contribution < 1.29 is 9.47 Å². The van der Waals surface area contributed by atoms with Gasteiger partial charge in [-0.15, -0.1) is 0 Å². The zero-order chi connectivity index (χ0) is 17.2. The van der Waals surface area contributed by atoms with Gasteiger partial charge < -0.3 is 25.1 Å². The lowest BCUT2D eigenvalue weighted by Crippen LogP contribution is -2.16. The van der Waals surface area contributed by atoms with Crippen LogP contribution in [0.2, 0.25) is 0 Å². The van der Waals surface area contributed by atoms with Gasteiger partial charge in [-0.25, -0.2) is 4.98 Å². The molecule has 0 aliphatic carbocycles. The first kappa shape index (κ1) is 15.6. The fraction of sp³-hybridized carbons (Fsp3) is 0.316. The molecule has 3 aromatic rings. The maximum absolute atomic E-state index is 5.74. The zero-order valence-electron chi connectivity index (χ0n) is 14.3. The largest absolute Gasteiger partial charge is 0.485 e. The van der Waals surface area contributed by atoms with Crippen LogP contribution < -0.4 is 20.1 Å². The van der Waals surface area contributed by atoms with Gasteiger partial charge in [0.25, 0.3) is 0 Å². The third-order valence-electron chi connectivity index (χ3n) is 3.98. The molecular weight excluding hydrogens is 316 g/mol. The zero-order valence-corrected chi connectivity index (χ0v) is 14.3. The van der Waals surface area contributed by atoms with Gasteiger partial charge in [-0.05, 0) is 24.1 Å². The lowest BCUT2D eigenvalue weighted by molar-refractivity contribution is 0.172. The molecule has 4 rings (SSSR count). The number of aromatic amines is 1. The van der Waals surface area contributed by atoms with Crippen LogP contribution in [0.5, 0.6) is 11.5 Å². The number of nitrogens with zero attached hydrogens (tertiary/aromatic N) is 1. The number of rotatable bonds is 5. The summed E-state index contributed by atoms with van der Waals surface area (Å²) in [5.41, 5.74) is 2.71. The number of hydrogen-bond acceptors (Lipinski definition) is 5. The number of aromatic nitrogens is 2. The van der Waals surface area contributed by atoms with Crippen molar-refractivity contribution in [3.8, 4) is 11.5 Å². The minimum atomic E-state index is 0.532. The van der Waals surface area contributed by atoms with Crippen LogP contribution in [0.15, 0.2) is 30.5 Å². The van der Waals surface area contributed by atoms with E-state index in [0.29, 0.717) is 30.6 Å². The van der Waals surface area contributed by atoms with Crippen molar-refractivity contribution in [2.45, 2.75) is 13.8 Å². The minimum absolute atomic E-state index is 0.532. The van der Waals surface area contributed by atoms with Gasteiger partial charge in [0.1, 0.15) is 24.7 Å². The number of hydrogen-bond donors (Lipinski definition) is 3. The number of benzene rings is 1. The average molecular weight is 337 g/mol. The van der Waals surface area contributed by atoms with Crippen molar-refractivity contribution in [3.05, 3.63) is 36.5 Å². The summed E-state index contributed by atoms with van der Waals surface area (Å²) in [6.45, 7) is 6.35. The summed E-state index contributed by atoms with van der Waals surface area (Å²) in [7, 11) is 0. The summed E-state index contributed by atoms with van der Waals surface area (Å²) in [6.07, 6.45) is 1.90. The molecule has 0 fully saturated rings. The van der Waals surface area contributed by atoms with E-state index >= 15 is 0 Å². The standard InChI is InChI=1S/C19H21N4O2/c1-12(2)11-21-15-10-17(23-19-13(15)6-7-20-19)22-14-4-3-5-16-18(14)25-9-8-24-16/h3-4,6-7,10,12H,8-9,11H2,1-2H3,(H3,20,21,22,23). The molecule has 0 saturated heterocycles. The Labute approximate surface area is 146 Å². The number of pyridine rings is 1. The van der Waals surface area contributed by atoms with E-state index in [0.717, 1.165) is 34.8 Å². The van der Waals surface area contributed by atoms with Crippen molar-refractivity contribution in [2.75, 3.05) is 30.4 Å². The Morgan fingerprint density at radius 2 is 2.12 bits per heavy atom. The second-order valence-electron chi connectivity index (χ2n) is 6.44. The molecule has 3 N–H and O–H groups in total. The SMILES string of the molecule is CC(C)CNc1cc(Nc2cc[c]c3c2OCCO3)nc2[nH]ccc12. The summed E-state index contributed by atoms with van der Waals surface area (Å²) in [4.78, 5) is 7.84. The van der Waals surface area contributed by atoms with Gasteiger partial charge in [-0.2, -0.15) is 0 Å². The number of nitrogens with one attached hydrogen (secondary N) is 3. The molecule has 0 amide bonds. The third-order valence-corrected chi connectivity index (χ3v) is 3.98. The second kappa shape index (κ2) is 6.55. The van der Waals surface area contributed by atoms with E-state index in [1.165, 1.54) is 0 Å². The number of ether oxygens (including phenoxy) is 2. The summed E-state index contributed by atoms with van der Waals surface area (Å²) in [5.74, 6) is 2.61.